The molecule has 6 nitrogen and oxygen atoms in total. The lowest BCUT2D eigenvalue weighted by Crippen LogP contribution is -2.81. The Hall–Kier alpha value is -1.63. The molecule has 2 heterocycles. The van der Waals surface area contributed by atoms with Crippen molar-refractivity contribution in [1.82, 2.24) is 4.90 Å². The lowest BCUT2D eigenvalue weighted by molar-refractivity contribution is -0.261. The van der Waals surface area contributed by atoms with Crippen molar-refractivity contribution in [2.45, 2.75) is 80.1 Å². The molecule has 0 radical (unpaired) electrons. The zero-order valence-electron chi connectivity index (χ0n) is 17.1. The van der Waals surface area contributed by atoms with E-state index < -0.39 is 22.7 Å². The maximum atomic E-state index is 12.5. The van der Waals surface area contributed by atoms with Crippen LogP contribution in [0.25, 0.3) is 0 Å². The number of hydrogen-bond acceptors (Lipinski definition) is 6. The van der Waals surface area contributed by atoms with Crippen LogP contribution in [0.4, 0.5) is 0 Å². The molecule has 7 rings (SSSR count). The molecule has 6 aliphatic rings. The molecule has 2 aliphatic heterocycles. The summed E-state index contributed by atoms with van der Waals surface area (Å²) in [5.41, 5.74) is -1.05. The van der Waals surface area contributed by atoms with E-state index in [2.05, 4.69) is 4.90 Å². The maximum Gasteiger partial charge on any atom is 0.165 e. The van der Waals surface area contributed by atoms with Crippen LogP contribution in [0.15, 0.2) is 12.1 Å². The van der Waals surface area contributed by atoms with Crippen molar-refractivity contribution >= 4 is 5.78 Å². The minimum Gasteiger partial charge on any atom is -0.504 e. The number of Topliss-reactive ketones (excluding diaryl/α,β-unsaturated/α-hetero) is 1. The standard InChI is InChI=1S/C24H29NO5/c26-16-5-4-15-10-24(29)18-9-14-3-6-17(27)20-19(14)22(24,21(30-20)23(15,28)11-16)7-8-25(18)12-13-1-2-13/h3,6,13,15,18,21,27-29H,1-2,4-5,7-12H2/t15?,18-,21-,22+,23?,24-/m1/s1. The molecular formula is C24H29NO5. The van der Waals surface area contributed by atoms with Gasteiger partial charge in [0.1, 0.15) is 17.5 Å². The maximum absolute atomic E-state index is 12.5. The van der Waals surface area contributed by atoms with Crippen LogP contribution >= 0.6 is 0 Å². The highest BCUT2D eigenvalue weighted by Crippen LogP contribution is 2.69. The predicted octanol–water partition coefficient (Wildman–Crippen LogP) is 1.67. The number of phenolic OH excluding ortho intramolecular Hbond substituents is 1. The topological polar surface area (TPSA) is 90.2 Å². The van der Waals surface area contributed by atoms with Gasteiger partial charge in [-0.05, 0) is 68.5 Å². The summed E-state index contributed by atoms with van der Waals surface area (Å²) in [6.45, 7) is 1.88. The van der Waals surface area contributed by atoms with Crippen LogP contribution in [-0.2, 0) is 16.6 Å². The number of rotatable bonds is 2. The van der Waals surface area contributed by atoms with E-state index >= 15 is 0 Å². The third-order valence-electron chi connectivity index (χ3n) is 9.48. The number of nitrogens with zero attached hydrogens (tertiary/aromatic N) is 1. The third kappa shape index (κ3) is 1.91. The molecule has 0 aromatic heterocycles. The second kappa shape index (κ2) is 5.40. The zero-order valence-corrected chi connectivity index (χ0v) is 17.1. The van der Waals surface area contributed by atoms with Crippen LogP contribution in [0.1, 0.15) is 56.1 Å². The number of ketones is 1. The Morgan fingerprint density at radius 1 is 1.20 bits per heavy atom. The molecule has 1 aromatic rings. The molecule has 2 unspecified atom stereocenters. The first-order valence-corrected chi connectivity index (χ1v) is 11.6. The van der Waals surface area contributed by atoms with Gasteiger partial charge in [0, 0.05) is 31.0 Å². The van der Waals surface area contributed by atoms with Gasteiger partial charge in [0.15, 0.2) is 11.5 Å². The predicted molar refractivity (Wildman–Crippen MR) is 107 cm³/mol. The first-order valence-electron chi connectivity index (χ1n) is 11.6. The monoisotopic (exact) mass is 411 g/mol. The second-order valence-electron chi connectivity index (χ2n) is 10.9. The van der Waals surface area contributed by atoms with E-state index in [1.807, 2.05) is 6.07 Å². The second-order valence-corrected chi connectivity index (χ2v) is 10.9. The van der Waals surface area contributed by atoms with E-state index in [0.29, 0.717) is 31.4 Å². The minimum absolute atomic E-state index is 0.0110. The summed E-state index contributed by atoms with van der Waals surface area (Å²) in [7, 11) is 0. The smallest absolute Gasteiger partial charge is 0.165 e. The normalized spacial score (nSPS) is 46.2. The van der Waals surface area contributed by atoms with Crippen LogP contribution in [0.2, 0.25) is 0 Å². The zero-order chi connectivity index (χ0) is 20.5. The average molecular weight is 411 g/mol. The summed E-state index contributed by atoms with van der Waals surface area (Å²) in [6, 6.07) is 3.64. The average Bonchev–Trinajstić information content (AvgIpc) is 3.43. The number of aliphatic hydroxyl groups is 2. The lowest BCUT2D eigenvalue weighted by Gasteiger charge is -2.67. The highest BCUT2D eigenvalue weighted by atomic mass is 16.5. The van der Waals surface area contributed by atoms with E-state index in [1.54, 1.807) is 6.07 Å². The number of piperidine rings is 1. The van der Waals surface area contributed by atoms with Crippen molar-refractivity contribution in [2.24, 2.45) is 11.8 Å². The van der Waals surface area contributed by atoms with Crippen molar-refractivity contribution in [3.05, 3.63) is 23.3 Å². The molecule has 6 atom stereocenters. The number of aromatic hydroxyl groups is 1. The van der Waals surface area contributed by atoms with Crippen molar-refractivity contribution in [1.29, 1.82) is 0 Å². The van der Waals surface area contributed by atoms with Gasteiger partial charge in [-0.15, -0.1) is 0 Å². The number of carbonyl (C=O) groups excluding carboxylic acids is 1. The van der Waals surface area contributed by atoms with Crippen LogP contribution in [-0.4, -0.2) is 62.4 Å². The highest BCUT2D eigenvalue weighted by molar-refractivity contribution is 5.81. The van der Waals surface area contributed by atoms with Gasteiger partial charge >= 0.3 is 0 Å². The highest BCUT2D eigenvalue weighted by Gasteiger charge is 2.78. The van der Waals surface area contributed by atoms with Gasteiger partial charge in [0.25, 0.3) is 0 Å². The summed E-state index contributed by atoms with van der Waals surface area (Å²) in [5.74, 6) is 1.14. The molecule has 3 saturated carbocycles. The van der Waals surface area contributed by atoms with E-state index in [0.717, 1.165) is 36.6 Å². The molecular weight excluding hydrogens is 382 g/mol. The fourth-order valence-corrected chi connectivity index (χ4v) is 8.03. The fourth-order valence-electron chi connectivity index (χ4n) is 8.03. The molecule has 30 heavy (non-hydrogen) atoms. The SMILES string of the molecule is O=C1CCC2C[C@@]3(O)[C@H]4Cc5ccc(O)c6c5[C@@]3(CCN4CC3CC3)[C@@H](O6)C2(O)C1. The van der Waals surface area contributed by atoms with Crippen LogP contribution < -0.4 is 4.74 Å². The van der Waals surface area contributed by atoms with Gasteiger partial charge in [-0.2, -0.15) is 0 Å². The van der Waals surface area contributed by atoms with Crippen LogP contribution in [0, 0.1) is 11.8 Å². The van der Waals surface area contributed by atoms with E-state index in [1.165, 1.54) is 12.8 Å². The third-order valence-corrected chi connectivity index (χ3v) is 9.48. The van der Waals surface area contributed by atoms with E-state index in [4.69, 9.17) is 4.74 Å². The number of ether oxygens (including phenoxy) is 1. The Morgan fingerprint density at radius 2 is 2.03 bits per heavy atom. The Morgan fingerprint density at radius 3 is 2.83 bits per heavy atom. The van der Waals surface area contributed by atoms with Crippen molar-refractivity contribution < 1.29 is 24.9 Å². The van der Waals surface area contributed by atoms with Gasteiger partial charge < -0.3 is 20.1 Å². The Balaban J connectivity index is 1.46. The number of carbonyl (C=O) groups is 1. The minimum atomic E-state index is -1.29. The van der Waals surface area contributed by atoms with Gasteiger partial charge in [0.2, 0.25) is 0 Å². The number of hydrogen-bond donors (Lipinski definition) is 3. The largest absolute Gasteiger partial charge is 0.504 e. The molecule has 3 N–H and O–H groups in total. The molecule has 4 aliphatic carbocycles. The Bertz CT molecular complexity index is 975. The Kier molecular flexibility index (Phi) is 3.24. The number of benzene rings is 1. The molecule has 160 valence electrons. The number of phenols is 1. The van der Waals surface area contributed by atoms with E-state index in [-0.39, 0.29) is 29.9 Å². The summed E-state index contributed by atoms with van der Waals surface area (Å²) in [4.78, 5) is 14.9. The summed E-state index contributed by atoms with van der Waals surface area (Å²) >= 11 is 0. The summed E-state index contributed by atoms with van der Waals surface area (Å²) in [6.07, 6.45) is 4.93. The summed E-state index contributed by atoms with van der Waals surface area (Å²) < 4.78 is 6.39. The fraction of sp³-hybridized carbons (Fsp3) is 0.708. The molecule has 1 saturated heterocycles. The molecule has 1 aromatic carbocycles. The first kappa shape index (κ1) is 18.0. The molecule has 1 spiro atoms. The van der Waals surface area contributed by atoms with Gasteiger partial charge in [0.05, 0.1) is 11.0 Å². The van der Waals surface area contributed by atoms with Crippen molar-refractivity contribution in [2.75, 3.05) is 13.1 Å². The van der Waals surface area contributed by atoms with Gasteiger partial charge in [-0.1, -0.05) is 6.07 Å². The molecule has 6 heteroatoms. The Labute approximate surface area is 175 Å². The summed E-state index contributed by atoms with van der Waals surface area (Å²) in [5, 5.41) is 35.1. The molecule has 0 amide bonds. The number of fused-ring (bicyclic) bond motifs is 2. The van der Waals surface area contributed by atoms with Crippen molar-refractivity contribution in [3.63, 3.8) is 0 Å². The number of likely N-dealkylation sites (tertiary alicyclic amines) is 1. The first-order chi connectivity index (χ1) is 14.4. The molecule has 4 fully saturated rings. The molecule has 2 bridgehead atoms. The van der Waals surface area contributed by atoms with Crippen LogP contribution in [0.5, 0.6) is 11.5 Å². The van der Waals surface area contributed by atoms with Crippen LogP contribution in [0.3, 0.4) is 0 Å². The van der Waals surface area contributed by atoms with Gasteiger partial charge in [-0.3, -0.25) is 9.69 Å². The van der Waals surface area contributed by atoms with Crippen molar-refractivity contribution in [3.8, 4) is 11.5 Å². The lowest BCUT2D eigenvalue weighted by atomic mass is 9.43. The van der Waals surface area contributed by atoms with Gasteiger partial charge in [-0.25, -0.2) is 0 Å². The quantitative estimate of drug-likeness (QED) is 0.686. The van der Waals surface area contributed by atoms with E-state index in [9.17, 15) is 20.1 Å².